The van der Waals surface area contributed by atoms with Gasteiger partial charge < -0.3 is 15.2 Å². The standard InChI is InChI=1S/C10H19NO3/c1-10(2,7-12)6-11-9(13)8-3-4-14-5-8/h8,12H,3-7H2,1-2H3,(H,11,13). The van der Waals surface area contributed by atoms with Crippen molar-refractivity contribution in [2.75, 3.05) is 26.4 Å². The van der Waals surface area contributed by atoms with Crippen LogP contribution in [0.5, 0.6) is 0 Å². The topological polar surface area (TPSA) is 58.6 Å². The summed E-state index contributed by atoms with van der Waals surface area (Å²) >= 11 is 0. The molecule has 4 nitrogen and oxygen atoms in total. The number of hydrogen-bond acceptors (Lipinski definition) is 3. The first kappa shape index (κ1) is 11.5. The van der Waals surface area contributed by atoms with E-state index in [1.54, 1.807) is 0 Å². The number of carbonyl (C=O) groups is 1. The molecule has 1 unspecified atom stereocenters. The minimum absolute atomic E-state index is 0.00416. The molecular weight excluding hydrogens is 182 g/mol. The van der Waals surface area contributed by atoms with Crippen LogP contribution < -0.4 is 5.32 Å². The van der Waals surface area contributed by atoms with Crippen LogP contribution in [0.4, 0.5) is 0 Å². The molecule has 0 aromatic heterocycles. The van der Waals surface area contributed by atoms with Gasteiger partial charge in [-0.25, -0.2) is 0 Å². The molecule has 0 saturated carbocycles. The highest BCUT2D eigenvalue weighted by atomic mass is 16.5. The van der Waals surface area contributed by atoms with Gasteiger partial charge in [-0.3, -0.25) is 4.79 Å². The van der Waals surface area contributed by atoms with E-state index in [-0.39, 0.29) is 23.8 Å². The first-order chi connectivity index (χ1) is 6.55. The smallest absolute Gasteiger partial charge is 0.225 e. The maximum Gasteiger partial charge on any atom is 0.225 e. The van der Waals surface area contributed by atoms with Crippen molar-refractivity contribution in [1.29, 1.82) is 0 Å². The number of aliphatic hydroxyl groups is 1. The second kappa shape index (κ2) is 4.75. The molecule has 82 valence electrons. The van der Waals surface area contributed by atoms with E-state index in [1.807, 2.05) is 13.8 Å². The van der Waals surface area contributed by atoms with Crippen LogP contribution in [0.25, 0.3) is 0 Å². The zero-order valence-corrected chi connectivity index (χ0v) is 8.88. The van der Waals surface area contributed by atoms with Crippen LogP contribution >= 0.6 is 0 Å². The molecular formula is C10H19NO3. The van der Waals surface area contributed by atoms with Crippen molar-refractivity contribution in [3.8, 4) is 0 Å². The van der Waals surface area contributed by atoms with Gasteiger partial charge in [-0.1, -0.05) is 13.8 Å². The van der Waals surface area contributed by atoms with E-state index in [4.69, 9.17) is 9.84 Å². The van der Waals surface area contributed by atoms with Crippen molar-refractivity contribution < 1.29 is 14.6 Å². The molecule has 0 spiro atoms. The Morgan fingerprint density at radius 1 is 1.64 bits per heavy atom. The van der Waals surface area contributed by atoms with E-state index in [0.717, 1.165) is 6.42 Å². The fourth-order valence-electron chi connectivity index (χ4n) is 1.27. The van der Waals surface area contributed by atoms with Crippen LogP contribution in [0.1, 0.15) is 20.3 Å². The molecule has 1 saturated heterocycles. The first-order valence-electron chi connectivity index (χ1n) is 5.01. The van der Waals surface area contributed by atoms with Crippen molar-refractivity contribution >= 4 is 5.91 Å². The molecule has 2 N–H and O–H groups in total. The molecule has 0 bridgehead atoms. The van der Waals surface area contributed by atoms with Gasteiger partial charge in [-0.05, 0) is 6.42 Å². The number of nitrogens with one attached hydrogen (secondary N) is 1. The lowest BCUT2D eigenvalue weighted by atomic mass is 9.94. The molecule has 14 heavy (non-hydrogen) atoms. The van der Waals surface area contributed by atoms with Gasteiger partial charge in [-0.15, -0.1) is 0 Å². The van der Waals surface area contributed by atoms with Crippen LogP contribution in [0.2, 0.25) is 0 Å². The summed E-state index contributed by atoms with van der Waals surface area (Å²) in [6, 6.07) is 0. The maximum absolute atomic E-state index is 11.5. The van der Waals surface area contributed by atoms with E-state index in [1.165, 1.54) is 0 Å². The summed E-state index contributed by atoms with van der Waals surface area (Å²) in [4.78, 5) is 11.5. The lowest BCUT2D eigenvalue weighted by Gasteiger charge is -2.22. The number of ether oxygens (including phenoxy) is 1. The lowest BCUT2D eigenvalue weighted by Crippen LogP contribution is -2.39. The summed E-state index contributed by atoms with van der Waals surface area (Å²) in [7, 11) is 0. The third-order valence-electron chi connectivity index (χ3n) is 2.47. The van der Waals surface area contributed by atoms with Gasteiger partial charge in [0.15, 0.2) is 0 Å². The SMILES string of the molecule is CC(C)(CO)CNC(=O)C1CCOC1. The third-order valence-corrected chi connectivity index (χ3v) is 2.47. The van der Waals surface area contributed by atoms with Crippen LogP contribution in [0, 0.1) is 11.3 Å². The summed E-state index contributed by atoms with van der Waals surface area (Å²) < 4.78 is 5.13. The van der Waals surface area contributed by atoms with Gasteiger partial charge in [0.05, 0.1) is 12.5 Å². The van der Waals surface area contributed by atoms with E-state index >= 15 is 0 Å². The van der Waals surface area contributed by atoms with E-state index < -0.39 is 0 Å². The van der Waals surface area contributed by atoms with Gasteiger partial charge >= 0.3 is 0 Å². The molecule has 0 radical (unpaired) electrons. The van der Waals surface area contributed by atoms with E-state index in [0.29, 0.717) is 19.8 Å². The number of rotatable bonds is 4. The third kappa shape index (κ3) is 3.27. The quantitative estimate of drug-likeness (QED) is 0.681. The van der Waals surface area contributed by atoms with E-state index in [2.05, 4.69) is 5.32 Å². The molecule has 0 aliphatic carbocycles. The number of carbonyl (C=O) groups excluding carboxylic acids is 1. The zero-order chi connectivity index (χ0) is 10.6. The fourth-order valence-corrected chi connectivity index (χ4v) is 1.27. The molecule has 1 atom stereocenters. The van der Waals surface area contributed by atoms with Gasteiger partial charge in [0.25, 0.3) is 0 Å². The Balaban J connectivity index is 2.27. The maximum atomic E-state index is 11.5. The van der Waals surface area contributed by atoms with Gasteiger partial charge in [0.2, 0.25) is 5.91 Å². The number of hydrogen-bond donors (Lipinski definition) is 2. The van der Waals surface area contributed by atoms with Gasteiger partial charge in [0, 0.05) is 25.2 Å². The molecule has 1 aliphatic rings. The van der Waals surface area contributed by atoms with Crippen LogP contribution in [0.15, 0.2) is 0 Å². The summed E-state index contributed by atoms with van der Waals surface area (Å²) in [6.07, 6.45) is 0.811. The van der Waals surface area contributed by atoms with Gasteiger partial charge in [-0.2, -0.15) is 0 Å². The Bertz CT molecular complexity index is 198. The molecule has 0 aromatic rings. The second-order valence-corrected chi connectivity index (χ2v) is 4.60. The molecule has 1 fully saturated rings. The van der Waals surface area contributed by atoms with Crippen LogP contribution in [-0.2, 0) is 9.53 Å². The van der Waals surface area contributed by atoms with E-state index in [9.17, 15) is 4.79 Å². The molecule has 1 amide bonds. The predicted molar refractivity (Wildman–Crippen MR) is 52.8 cm³/mol. The Kier molecular flexibility index (Phi) is 3.89. The normalized spacial score (nSPS) is 22.4. The Labute approximate surface area is 84.6 Å². The Morgan fingerprint density at radius 2 is 2.36 bits per heavy atom. The lowest BCUT2D eigenvalue weighted by molar-refractivity contribution is -0.125. The molecule has 1 aliphatic heterocycles. The average molecular weight is 201 g/mol. The minimum atomic E-state index is -0.241. The van der Waals surface area contributed by atoms with Crippen molar-refractivity contribution in [2.45, 2.75) is 20.3 Å². The predicted octanol–water partition coefficient (Wildman–Crippen LogP) is 0.158. The van der Waals surface area contributed by atoms with Crippen molar-refractivity contribution in [3.63, 3.8) is 0 Å². The van der Waals surface area contributed by atoms with Crippen LogP contribution in [0.3, 0.4) is 0 Å². The number of amides is 1. The summed E-state index contributed by atoms with van der Waals surface area (Å²) in [5.74, 6) is 0.0496. The number of aliphatic hydroxyl groups excluding tert-OH is 1. The van der Waals surface area contributed by atoms with Crippen molar-refractivity contribution in [1.82, 2.24) is 5.32 Å². The van der Waals surface area contributed by atoms with Crippen molar-refractivity contribution in [3.05, 3.63) is 0 Å². The molecule has 0 aromatic carbocycles. The highest BCUT2D eigenvalue weighted by Crippen LogP contribution is 2.14. The van der Waals surface area contributed by atoms with Crippen LogP contribution in [-0.4, -0.2) is 37.4 Å². The first-order valence-corrected chi connectivity index (χ1v) is 5.01. The summed E-state index contributed by atoms with van der Waals surface area (Å²) in [5.41, 5.74) is -0.241. The highest BCUT2D eigenvalue weighted by molar-refractivity contribution is 5.79. The highest BCUT2D eigenvalue weighted by Gasteiger charge is 2.25. The summed E-state index contributed by atoms with van der Waals surface area (Å²) in [6.45, 7) is 5.64. The Morgan fingerprint density at radius 3 is 2.86 bits per heavy atom. The monoisotopic (exact) mass is 201 g/mol. The van der Waals surface area contributed by atoms with Gasteiger partial charge in [0.1, 0.15) is 0 Å². The molecule has 1 heterocycles. The zero-order valence-electron chi connectivity index (χ0n) is 8.88. The Hall–Kier alpha value is -0.610. The second-order valence-electron chi connectivity index (χ2n) is 4.60. The van der Waals surface area contributed by atoms with Crippen molar-refractivity contribution in [2.24, 2.45) is 11.3 Å². The average Bonchev–Trinajstić information content (AvgIpc) is 2.67. The molecule has 1 rings (SSSR count). The fraction of sp³-hybridized carbons (Fsp3) is 0.900. The molecule has 4 heteroatoms. The summed E-state index contributed by atoms with van der Waals surface area (Å²) in [5, 5.41) is 11.8. The minimum Gasteiger partial charge on any atom is -0.396 e. The largest absolute Gasteiger partial charge is 0.396 e.